The summed E-state index contributed by atoms with van der Waals surface area (Å²) in [7, 11) is 0. The SMILES string of the molecule is CC1OC(C)C(C(=O)NC2CCNCC2)C1C. The molecule has 17 heavy (non-hydrogen) atoms. The summed E-state index contributed by atoms with van der Waals surface area (Å²) in [5.41, 5.74) is 0. The standard InChI is InChI=1S/C13H24N2O2/c1-8-9(2)17-10(3)12(8)13(16)15-11-4-6-14-7-5-11/h8-12,14H,4-7H2,1-3H3,(H,15,16). The molecular formula is C13H24N2O2. The number of amides is 1. The van der Waals surface area contributed by atoms with Crippen molar-refractivity contribution < 1.29 is 9.53 Å². The lowest BCUT2D eigenvalue weighted by molar-refractivity contribution is -0.128. The van der Waals surface area contributed by atoms with E-state index in [0.29, 0.717) is 12.0 Å². The van der Waals surface area contributed by atoms with Gasteiger partial charge in [-0.3, -0.25) is 4.79 Å². The van der Waals surface area contributed by atoms with Crippen molar-refractivity contribution in [3.05, 3.63) is 0 Å². The van der Waals surface area contributed by atoms with Gasteiger partial charge in [-0.25, -0.2) is 0 Å². The van der Waals surface area contributed by atoms with Gasteiger partial charge < -0.3 is 15.4 Å². The number of carbonyl (C=O) groups is 1. The van der Waals surface area contributed by atoms with E-state index < -0.39 is 0 Å². The number of carbonyl (C=O) groups excluding carboxylic acids is 1. The second-order valence-corrected chi connectivity index (χ2v) is 5.46. The molecule has 0 radical (unpaired) electrons. The molecule has 0 saturated carbocycles. The highest BCUT2D eigenvalue weighted by molar-refractivity contribution is 5.80. The van der Waals surface area contributed by atoms with Gasteiger partial charge in [-0.1, -0.05) is 6.92 Å². The van der Waals surface area contributed by atoms with Crippen molar-refractivity contribution in [2.24, 2.45) is 11.8 Å². The average molecular weight is 240 g/mol. The smallest absolute Gasteiger partial charge is 0.226 e. The third-order valence-corrected chi connectivity index (χ3v) is 4.23. The predicted molar refractivity (Wildman–Crippen MR) is 66.7 cm³/mol. The van der Waals surface area contributed by atoms with Gasteiger partial charge in [-0.15, -0.1) is 0 Å². The van der Waals surface area contributed by atoms with Crippen LogP contribution in [0, 0.1) is 11.8 Å². The molecule has 1 amide bonds. The van der Waals surface area contributed by atoms with E-state index in [1.54, 1.807) is 0 Å². The maximum absolute atomic E-state index is 12.3. The van der Waals surface area contributed by atoms with Crippen LogP contribution in [0.5, 0.6) is 0 Å². The Bertz CT molecular complexity index is 277. The quantitative estimate of drug-likeness (QED) is 0.754. The molecule has 2 fully saturated rings. The summed E-state index contributed by atoms with van der Waals surface area (Å²) < 4.78 is 5.72. The number of hydrogen-bond acceptors (Lipinski definition) is 3. The van der Waals surface area contributed by atoms with Crippen molar-refractivity contribution >= 4 is 5.91 Å². The number of rotatable bonds is 2. The minimum Gasteiger partial charge on any atom is -0.374 e. The van der Waals surface area contributed by atoms with Gasteiger partial charge in [-0.05, 0) is 45.7 Å². The Morgan fingerprint density at radius 2 is 1.82 bits per heavy atom. The molecule has 4 nitrogen and oxygen atoms in total. The summed E-state index contributed by atoms with van der Waals surface area (Å²) in [6.07, 6.45) is 2.31. The molecule has 2 saturated heterocycles. The highest BCUT2D eigenvalue weighted by Gasteiger charge is 2.41. The zero-order valence-corrected chi connectivity index (χ0v) is 11.0. The van der Waals surface area contributed by atoms with Crippen LogP contribution in [-0.4, -0.2) is 37.2 Å². The van der Waals surface area contributed by atoms with Crippen LogP contribution in [0.15, 0.2) is 0 Å². The van der Waals surface area contributed by atoms with Gasteiger partial charge >= 0.3 is 0 Å². The number of piperidine rings is 1. The molecule has 2 aliphatic heterocycles. The van der Waals surface area contributed by atoms with Gasteiger partial charge in [0.15, 0.2) is 0 Å². The van der Waals surface area contributed by atoms with Gasteiger partial charge in [0.2, 0.25) is 5.91 Å². The van der Waals surface area contributed by atoms with Crippen LogP contribution in [0.4, 0.5) is 0 Å². The summed E-state index contributed by atoms with van der Waals surface area (Å²) in [5, 5.41) is 6.49. The molecule has 0 aliphatic carbocycles. The Morgan fingerprint density at radius 1 is 1.18 bits per heavy atom. The fourth-order valence-electron chi connectivity index (χ4n) is 2.98. The van der Waals surface area contributed by atoms with Crippen LogP contribution in [0.1, 0.15) is 33.6 Å². The molecule has 0 spiro atoms. The summed E-state index contributed by atoms with van der Waals surface area (Å²) in [6.45, 7) is 8.19. The number of ether oxygens (including phenoxy) is 1. The second-order valence-electron chi connectivity index (χ2n) is 5.46. The highest BCUT2D eigenvalue weighted by Crippen LogP contribution is 2.32. The largest absolute Gasteiger partial charge is 0.374 e. The molecule has 2 N–H and O–H groups in total. The molecule has 0 aromatic heterocycles. The van der Waals surface area contributed by atoms with Crippen LogP contribution >= 0.6 is 0 Å². The maximum atomic E-state index is 12.3. The molecule has 4 heteroatoms. The van der Waals surface area contributed by atoms with Crippen molar-refractivity contribution in [1.29, 1.82) is 0 Å². The van der Waals surface area contributed by atoms with Crippen LogP contribution in [-0.2, 0) is 9.53 Å². The molecule has 2 aliphatic rings. The Balaban J connectivity index is 1.90. The van der Waals surface area contributed by atoms with Crippen molar-refractivity contribution in [3.8, 4) is 0 Å². The molecule has 2 rings (SSSR count). The van der Waals surface area contributed by atoms with Gasteiger partial charge in [0.1, 0.15) is 0 Å². The molecule has 2 heterocycles. The first-order valence-corrected chi connectivity index (χ1v) is 6.76. The van der Waals surface area contributed by atoms with E-state index in [1.807, 2.05) is 6.92 Å². The second kappa shape index (κ2) is 5.36. The van der Waals surface area contributed by atoms with Crippen LogP contribution in [0.25, 0.3) is 0 Å². The predicted octanol–water partition coefficient (Wildman–Crippen LogP) is 0.914. The van der Waals surface area contributed by atoms with Crippen molar-refractivity contribution in [2.45, 2.75) is 51.9 Å². The Labute approximate surface area is 103 Å². The molecule has 0 aromatic carbocycles. The normalized spacial score (nSPS) is 39.2. The molecule has 4 atom stereocenters. The Hall–Kier alpha value is -0.610. The summed E-state index contributed by atoms with van der Waals surface area (Å²) in [6, 6.07) is 0.346. The van der Waals surface area contributed by atoms with E-state index >= 15 is 0 Å². The molecule has 0 aromatic rings. The topological polar surface area (TPSA) is 50.4 Å². The monoisotopic (exact) mass is 240 g/mol. The fourth-order valence-corrected chi connectivity index (χ4v) is 2.98. The molecule has 98 valence electrons. The molecular weight excluding hydrogens is 216 g/mol. The van der Waals surface area contributed by atoms with Crippen LogP contribution in [0.2, 0.25) is 0 Å². The Morgan fingerprint density at radius 3 is 2.35 bits per heavy atom. The van der Waals surface area contributed by atoms with Gasteiger partial charge in [-0.2, -0.15) is 0 Å². The lowest BCUT2D eigenvalue weighted by atomic mass is 9.88. The minimum atomic E-state index is 0.0138. The fraction of sp³-hybridized carbons (Fsp3) is 0.923. The maximum Gasteiger partial charge on any atom is 0.226 e. The van der Waals surface area contributed by atoms with Crippen LogP contribution in [0.3, 0.4) is 0 Å². The first kappa shape index (κ1) is 12.8. The van der Waals surface area contributed by atoms with E-state index in [4.69, 9.17) is 4.74 Å². The summed E-state index contributed by atoms with van der Waals surface area (Å²) in [5.74, 6) is 0.507. The van der Waals surface area contributed by atoms with Crippen molar-refractivity contribution in [1.82, 2.24) is 10.6 Å². The zero-order chi connectivity index (χ0) is 12.4. The van der Waals surface area contributed by atoms with E-state index in [0.717, 1.165) is 25.9 Å². The first-order chi connectivity index (χ1) is 8.09. The third kappa shape index (κ3) is 2.80. The number of nitrogens with one attached hydrogen (secondary N) is 2. The Kier molecular flexibility index (Phi) is 4.05. The molecule has 0 bridgehead atoms. The molecule has 4 unspecified atom stereocenters. The van der Waals surface area contributed by atoms with Gasteiger partial charge in [0.05, 0.1) is 18.1 Å². The highest BCUT2D eigenvalue weighted by atomic mass is 16.5. The average Bonchev–Trinajstić information content (AvgIpc) is 2.54. The van der Waals surface area contributed by atoms with E-state index in [9.17, 15) is 4.79 Å². The third-order valence-electron chi connectivity index (χ3n) is 4.23. The van der Waals surface area contributed by atoms with E-state index in [-0.39, 0.29) is 24.0 Å². The number of hydrogen-bond donors (Lipinski definition) is 2. The van der Waals surface area contributed by atoms with Crippen molar-refractivity contribution in [3.63, 3.8) is 0 Å². The van der Waals surface area contributed by atoms with E-state index in [2.05, 4.69) is 24.5 Å². The lowest BCUT2D eigenvalue weighted by Gasteiger charge is -2.26. The first-order valence-electron chi connectivity index (χ1n) is 6.76. The van der Waals surface area contributed by atoms with Crippen LogP contribution < -0.4 is 10.6 Å². The van der Waals surface area contributed by atoms with E-state index in [1.165, 1.54) is 0 Å². The van der Waals surface area contributed by atoms with Gasteiger partial charge in [0, 0.05) is 6.04 Å². The zero-order valence-electron chi connectivity index (χ0n) is 11.0. The lowest BCUT2D eigenvalue weighted by Crippen LogP contribution is -2.47. The summed E-state index contributed by atoms with van der Waals surface area (Å²) in [4.78, 5) is 12.3. The minimum absolute atomic E-state index is 0.0138. The summed E-state index contributed by atoms with van der Waals surface area (Å²) >= 11 is 0. The van der Waals surface area contributed by atoms with Gasteiger partial charge in [0.25, 0.3) is 0 Å². The van der Waals surface area contributed by atoms with Crippen molar-refractivity contribution in [2.75, 3.05) is 13.1 Å².